The first-order valence-electron chi connectivity index (χ1n) is 5.42. The molecule has 7 heteroatoms. The second-order valence-electron chi connectivity index (χ2n) is 3.84. The third-order valence-corrected chi connectivity index (χ3v) is 2.94. The number of aromatic carboxylic acids is 1. The number of hydrogen-bond donors (Lipinski definition) is 2. The molecule has 0 radical (unpaired) electrons. The number of carbonyl (C=O) groups is 2. The molecule has 1 aromatic carbocycles. The van der Waals surface area contributed by atoms with Crippen LogP contribution in [-0.2, 0) is 0 Å². The minimum absolute atomic E-state index is 0.0198. The van der Waals surface area contributed by atoms with E-state index in [1.807, 2.05) is 0 Å². The van der Waals surface area contributed by atoms with E-state index in [0.29, 0.717) is 0 Å². The van der Waals surface area contributed by atoms with Gasteiger partial charge in [-0.05, 0) is 24.3 Å². The molecule has 0 saturated heterocycles. The highest BCUT2D eigenvalue weighted by Crippen LogP contribution is 2.21. The summed E-state index contributed by atoms with van der Waals surface area (Å²) in [6, 6.07) is 5.50. The van der Waals surface area contributed by atoms with Crippen LogP contribution in [0.3, 0.4) is 0 Å². The van der Waals surface area contributed by atoms with Crippen molar-refractivity contribution in [3.05, 3.63) is 57.8 Å². The van der Waals surface area contributed by atoms with Crippen LogP contribution in [0.4, 0.5) is 5.69 Å². The Hall–Kier alpha value is -2.11. The molecule has 0 aliphatic heterocycles. The van der Waals surface area contributed by atoms with Crippen molar-refractivity contribution in [2.24, 2.45) is 0 Å². The van der Waals surface area contributed by atoms with Crippen molar-refractivity contribution in [3.63, 3.8) is 0 Å². The second-order valence-corrected chi connectivity index (χ2v) is 4.69. The monoisotopic (exact) mass is 310 g/mol. The molecule has 0 saturated carbocycles. The van der Waals surface area contributed by atoms with Gasteiger partial charge in [-0.3, -0.25) is 9.78 Å². The number of carboxylic acid groups (broad SMARTS) is 1. The fraction of sp³-hybridized carbons (Fsp3) is 0. The first kappa shape index (κ1) is 14.3. The summed E-state index contributed by atoms with van der Waals surface area (Å²) in [6.45, 7) is 0. The van der Waals surface area contributed by atoms with Gasteiger partial charge in [0.25, 0.3) is 5.91 Å². The van der Waals surface area contributed by atoms with Gasteiger partial charge in [0.2, 0.25) is 0 Å². The lowest BCUT2D eigenvalue weighted by Gasteiger charge is -2.08. The first-order chi connectivity index (χ1) is 9.47. The molecule has 102 valence electrons. The number of amides is 1. The summed E-state index contributed by atoms with van der Waals surface area (Å²) in [5, 5.41) is 11.9. The SMILES string of the molecule is O=C(O)c1cc(Cl)cc(NC(=O)c2ccncc2Cl)c1. The lowest BCUT2D eigenvalue weighted by Crippen LogP contribution is -2.13. The molecule has 1 heterocycles. The average Bonchev–Trinajstić information content (AvgIpc) is 2.38. The Morgan fingerprint density at radius 1 is 1.20 bits per heavy atom. The van der Waals surface area contributed by atoms with Gasteiger partial charge in [0.1, 0.15) is 0 Å². The molecule has 1 amide bonds. The molecule has 0 spiro atoms. The normalized spacial score (nSPS) is 10.1. The summed E-state index contributed by atoms with van der Waals surface area (Å²) >= 11 is 11.7. The smallest absolute Gasteiger partial charge is 0.335 e. The molecule has 2 N–H and O–H groups in total. The number of aromatic nitrogens is 1. The van der Waals surface area contributed by atoms with Crippen molar-refractivity contribution < 1.29 is 14.7 Å². The predicted octanol–water partition coefficient (Wildman–Crippen LogP) is 3.34. The van der Waals surface area contributed by atoms with Crippen molar-refractivity contribution in [1.82, 2.24) is 4.98 Å². The fourth-order valence-electron chi connectivity index (χ4n) is 1.54. The van der Waals surface area contributed by atoms with E-state index < -0.39 is 11.9 Å². The van der Waals surface area contributed by atoms with Crippen LogP contribution in [-0.4, -0.2) is 22.0 Å². The number of pyridine rings is 1. The van der Waals surface area contributed by atoms with Crippen LogP contribution in [0, 0.1) is 0 Å². The highest BCUT2D eigenvalue weighted by atomic mass is 35.5. The first-order valence-corrected chi connectivity index (χ1v) is 6.17. The van der Waals surface area contributed by atoms with Gasteiger partial charge >= 0.3 is 5.97 Å². The van der Waals surface area contributed by atoms with E-state index in [2.05, 4.69) is 10.3 Å². The van der Waals surface area contributed by atoms with Crippen molar-refractivity contribution >= 4 is 40.8 Å². The number of halogens is 2. The van der Waals surface area contributed by atoms with E-state index in [9.17, 15) is 9.59 Å². The van der Waals surface area contributed by atoms with Gasteiger partial charge in [-0.25, -0.2) is 4.79 Å². The summed E-state index contributed by atoms with van der Waals surface area (Å²) < 4.78 is 0. The van der Waals surface area contributed by atoms with E-state index >= 15 is 0 Å². The van der Waals surface area contributed by atoms with Crippen molar-refractivity contribution in [1.29, 1.82) is 0 Å². The highest BCUT2D eigenvalue weighted by molar-refractivity contribution is 6.34. The third kappa shape index (κ3) is 3.26. The number of nitrogens with zero attached hydrogens (tertiary/aromatic N) is 1. The molecule has 0 unspecified atom stereocenters. The van der Waals surface area contributed by atoms with Crippen molar-refractivity contribution in [3.8, 4) is 0 Å². The number of anilines is 1. The van der Waals surface area contributed by atoms with E-state index in [1.165, 1.54) is 36.7 Å². The Kier molecular flexibility index (Phi) is 4.22. The molecule has 0 bridgehead atoms. The molecular formula is C13H8Cl2N2O3. The van der Waals surface area contributed by atoms with Gasteiger partial charge < -0.3 is 10.4 Å². The van der Waals surface area contributed by atoms with Gasteiger partial charge in [0.05, 0.1) is 16.1 Å². The molecule has 0 fully saturated rings. The van der Waals surface area contributed by atoms with Crippen molar-refractivity contribution in [2.45, 2.75) is 0 Å². The largest absolute Gasteiger partial charge is 0.478 e. The Morgan fingerprint density at radius 3 is 2.60 bits per heavy atom. The van der Waals surface area contributed by atoms with Crippen LogP contribution >= 0.6 is 23.2 Å². The quantitative estimate of drug-likeness (QED) is 0.911. The van der Waals surface area contributed by atoms with Gasteiger partial charge in [0, 0.05) is 23.1 Å². The van der Waals surface area contributed by atoms with Crippen LogP contribution in [0.15, 0.2) is 36.7 Å². The van der Waals surface area contributed by atoms with Crippen LogP contribution in [0.25, 0.3) is 0 Å². The summed E-state index contributed by atoms with van der Waals surface area (Å²) in [5.74, 6) is -1.61. The topological polar surface area (TPSA) is 79.3 Å². The van der Waals surface area contributed by atoms with E-state index in [1.54, 1.807) is 0 Å². The summed E-state index contributed by atoms with van der Waals surface area (Å²) in [7, 11) is 0. The minimum Gasteiger partial charge on any atom is -0.478 e. The zero-order chi connectivity index (χ0) is 14.7. The molecule has 0 atom stereocenters. The zero-order valence-electron chi connectivity index (χ0n) is 9.93. The Bertz CT molecular complexity index is 689. The molecule has 1 aromatic heterocycles. The number of benzene rings is 1. The number of carbonyl (C=O) groups excluding carboxylic acids is 1. The number of hydrogen-bond acceptors (Lipinski definition) is 3. The molecule has 2 rings (SSSR count). The lowest BCUT2D eigenvalue weighted by molar-refractivity contribution is 0.0696. The molecule has 20 heavy (non-hydrogen) atoms. The number of rotatable bonds is 3. The third-order valence-electron chi connectivity index (χ3n) is 2.42. The summed E-state index contributed by atoms with van der Waals surface area (Å²) in [4.78, 5) is 26.7. The highest BCUT2D eigenvalue weighted by Gasteiger charge is 2.12. The summed E-state index contributed by atoms with van der Waals surface area (Å²) in [5.41, 5.74) is 0.486. The van der Waals surface area contributed by atoms with Crippen LogP contribution < -0.4 is 5.32 Å². The maximum absolute atomic E-state index is 12.0. The Labute approximate surface area is 124 Å². The second kappa shape index (κ2) is 5.90. The molecule has 2 aromatic rings. The predicted molar refractivity (Wildman–Crippen MR) is 75.6 cm³/mol. The molecule has 0 aliphatic carbocycles. The van der Waals surface area contributed by atoms with Crippen molar-refractivity contribution in [2.75, 3.05) is 5.32 Å². The Morgan fingerprint density at radius 2 is 1.95 bits per heavy atom. The van der Waals surface area contributed by atoms with E-state index in [0.717, 1.165) is 0 Å². The van der Waals surface area contributed by atoms with Crippen LogP contribution in [0.5, 0.6) is 0 Å². The van der Waals surface area contributed by atoms with Crippen LogP contribution in [0.2, 0.25) is 10.0 Å². The average molecular weight is 311 g/mol. The van der Waals surface area contributed by atoms with E-state index in [4.69, 9.17) is 28.3 Å². The summed E-state index contributed by atoms with van der Waals surface area (Å²) in [6.07, 6.45) is 2.78. The lowest BCUT2D eigenvalue weighted by atomic mass is 10.2. The number of nitrogens with one attached hydrogen (secondary N) is 1. The Balaban J connectivity index is 2.28. The van der Waals surface area contributed by atoms with E-state index in [-0.39, 0.29) is 26.9 Å². The maximum Gasteiger partial charge on any atom is 0.335 e. The minimum atomic E-state index is -1.13. The molecule has 5 nitrogen and oxygen atoms in total. The van der Waals surface area contributed by atoms with Gasteiger partial charge in [-0.2, -0.15) is 0 Å². The standard InChI is InChI=1S/C13H8Cl2N2O3/c14-8-3-7(13(19)20)4-9(5-8)17-12(18)10-1-2-16-6-11(10)15/h1-6H,(H,17,18)(H,19,20). The van der Waals surface area contributed by atoms with Gasteiger partial charge in [0.15, 0.2) is 0 Å². The zero-order valence-corrected chi connectivity index (χ0v) is 11.4. The number of carboxylic acids is 1. The van der Waals surface area contributed by atoms with Gasteiger partial charge in [-0.15, -0.1) is 0 Å². The van der Waals surface area contributed by atoms with Gasteiger partial charge in [-0.1, -0.05) is 23.2 Å². The molecular weight excluding hydrogens is 303 g/mol. The molecule has 0 aliphatic rings. The van der Waals surface area contributed by atoms with Crippen LogP contribution in [0.1, 0.15) is 20.7 Å². The fourth-order valence-corrected chi connectivity index (χ4v) is 1.98. The maximum atomic E-state index is 12.0.